The maximum Gasteiger partial charge on any atom is 0.270 e. The smallest absolute Gasteiger partial charge is 0.270 e. The van der Waals surface area contributed by atoms with E-state index >= 15 is 0 Å². The maximum atomic E-state index is 13.2. The van der Waals surface area contributed by atoms with Crippen LogP contribution in [0.1, 0.15) is 16.7 Å². The zero-order chi connectivity index (χ0) is 20.4. The van der Waals surface area contributed by atoms with E-state index in [2.05, 4.69) is 0 Å². The minimum atomic E-state index is -4.26. The number of benzene rings is 2. The Hall–Kier alpha value is -2.98. The molecule has 9 nitrogen and oxygen atoms in total. The number of carbonyl (C=O) groups excluding carboxylic acids is 1. The van der Waals surface area contributed by atoms with E-state index in [1.54, 1.807) is 26.0 Å². The van der Waals surface area contributed by atoms with Crippen LogP contribution in [0.3, 0.4) is 0 Å². The summed E-state index contributed by atoms with van der Waals surface area (Å²) < 4.78 is 27.4. The molecule has 144 valence electrons. The van der Waals surface area contributed by atoms with Crippen LogP contribution in [-0.2, 0) is 14.8 Å². The molecule has 1 amide bonds. The number of hydrogen-bond donors (Lipinski definition) is 2. The van der Waals surface area contributed by atoms with Crippen LogP contribution in [0.25, 0.3) is 0 Å². The number of nitro benzene ring substituents is 1. The van der Waals surface area contributed by atoms with Gasteiger partial charge in [-0.15, -0.1) is 0 Å². The fraction of sp³-hybridized carbons (Fsp3) is 0.235. The average Bonchev–Trinajstić information content (AvgIpc) is 2.59. The average molecular weight is 392 g/mol. The van der Waals surface area contributed by atoms with Crippen molar-refractivity contribution in [3.05, 3.63) is 63.2 Å². The number of hydrogen-bond acceptors (Lipinski definition) is 6. The molecule has 0 aliphatic carbocycles. The highest BCUT2D eigenvalue weighted by Crippen LogP contribution is 2.31. The van der Waals surface area contributed by atoms with Gasteiger partial charge in [0.1, 0.15) is 6.54 Å². The molecule has 2 rings (SSSR count). The minimum absolute atomic E-state index is 0.291. The van der Waals surface area contributed by atoms with Crippen LogP contribution in [0.2, 0.25) is 0 Å². The third kappa shape index (κ3) is 4.23. The molecule has 0 atom stereocenters. The molecule has 0 unspecified atom stereocenters. The first-order valence-corrected chi connectivity index (χ1v) is 9.36. The monoisotopic (exact) mass is 392 g/mol. The molecule has 0 saturated heterocycles. The van der Waals surface area contributed by atoms with Gasteiger partial charge in [-0.1, -0.05) is 23.8 Å². The number of anilines is 1. The summed E-state index contributed by atoms with van der Waals surface area (Å²) in [7, 11) is -4.26. The van der Waals surface area contributed by atoms with Gasteiger partial charge in [0.15, 0.2) is 0 Å². The second-order valence-corrected chi connectivity index (χ2v) is 7.94. The van der Waals surface area contributed by atoms with Crippen molar-refractivity contribution < 1.29 is 18.1 Å². The van der Waals surface area contributed by atoms with Gasteiger partial charge in [-0.25, -0.2) is 14.3 Å². The Bertz CT molecular complexity index is 981. The Morgan fingerprint density at radius 1 is 1.19 bits per heavy atom. The van der Waals surface area contributed by atoms with Gasteiger partial charge in [0, 0.05) is 12.1 Å². The lowest BCUT2D eigenvalue weighted by Gasteiger charge is -2.27. The highest BCUT2D eigenvalue weighted by Gasteiger charge is 2.30. The zero-order valence-electron chi connectivity index (χ0n) is 15.1. The lowest BCUT2D eigenvalue weighted by atomic mass is 10.1. The van der Waals surface area contributed by atoms with Crippen LogP contribution < -0.4 is 15.6 Å². The molecule has 27 heavy (non-hydrogen) atoms. The Morgan fingerprint density at radius 2 is 1.78 bits per heavy atom. The standard InChI is InChI=1S/C17H20N4O5S/c1-11-7-12(2)17(13(3)8-11)20(10-16(22)19-18)27(25,26)15-6-4-5-14(9-15)21(23)24/h4-9H,10,18H2,1-3H3,(H,19,22). The van der Waals surface area contributed by atoms with E-state index in [0.29, 0.717) is 16.8 Å². The first-order valence-electron chi connectivity index (χ1n) is 7.92. The summed E-state index contributed by atoms with van der Waals surface area (Å²) in [5.74, 6) is 4.42. The second-order valence-electron chi connectivity index (χ2n) is 6.08. The van der Waals surface area contributed by atoms with Crippen LogP contribution in [0, 0.1) is 30.9 Å². The summed E-state index contributed by atoms with van der Waals surface area (Å²) in [4.78, 5) is 21.9. The molecule has 0 aliphatic rings. The van der Waals surface area contributed by atoms with Crippen molar-refractivity contribution in [3.63, 3.8) is 0 Å². The zero-order valence-corrected chi connectivity index (χ0v) is 15.9. The SMILES string of the molecule is Cc1cc(C)c(N(CC(=O)NN)S(=O)(=O)c2cccc([N+](=O)[O-])c2)c(C)c1. The number of nitrogens with zero attached hydrogens (tertiary/aromatic N) is 2. The van der Waals surface area contributed by atoms with Crippen molar-refractivity contribution >= 4 is 27.3 Å². The molecule has 3 N–H and O–H groups in total. The van der Waals surface area contributed by atoms with E-state index in [9.17, 15) is 23.3 Å². The van der Waals surface area contributed by atoms with Gasteiger partial charge in [-0.2, -0.15) is 0 Å². The highest BCUT2D eigenvalue weighted by atomic mass is 32.2. The predicted octanol–water partition coefficient (Wildman–Crippen LogP) is 1.71. The summed E-state index contributed by atoms with van der Waals surface area (Å²) in [5, 5.41) is 11.0. The van der Waals surface area contributed by atoms with E-state index in [-0.39, 0.29) is 10.6 Å². The molecule has 0 spiro atoms. The number of rotatable bonds is 6. The van der Waals surface area contributed by atoms with Crippen molar-refractivity contribution in [1.29, 1.82) is 0 Å². The minimum Gasteiger partial charge on any atom is -0.293 e. The third-order valence-corrected chi connectivity index (χ3v) is 5.69. The fourth-order valence-corrected chi connectivity index (χ4v) is 4.50. The number of nitrogens with one attached hydrogen (secondary N) is 1. The van der Waals surface area contributed by atoms with Gasteiger partial charge in [-0.3, -0.25) is 24.6 Å². The normalized spacial score (nSPS) is 11.1. The summed E-state index contributed by atoms with van der Waals surface area (Å²) in [5.41, 5.74) is 4.10. The number of nitro groups is 1. The topological polar surface area (TPSA) is 136 Å². The number of sulfonamides is 1. The van der Waals surface area contributed by atoms with Crippen LogP contribution >= 0.6 is 0 Å². The molecular formula is C17H20N4O5S. The van der Waals surface area contributed by atoms with Crippen LogP contribution in [0.15, 0.2) is 41.3 Å². The maximum absolute atomic E-state index is 13.2. The molecule has 10 heteroatoms. The van der Waals surface area contributed by atoms with Crippen molar-refractivity contribution in [2.24, 2.45) is 5.84 Å². The Labute approximate surface area is 157 Å². The van der Waals surface area contributed by atoms with Crippen LogP contribution in [0.5, 0.6) is 0 Å². The number of amides is 1. The Kier molecular flexibility index (Phi) is 5.82. The van der Waals surface area contributed by atoms with E-state index in [4.69, 9.17) is 5.84 Å². The number of carbonyl (C=O) groups is 1. The van der Waals surface area contributed by atoms with Gasteiger partial charge in [-0.05, 0) is 38.0 Å². The van der Waals surface area contributed by atoms with Crippen molar-refractivity contribution in [2.45, 2.75) is 25.7 Å². The van der Waals surface area contributed by atoms with Gasteiger partial charge < -0.3 is 0 Å². The number of nitrogens with two attached hydrogens (primary N) is 1. The molecular weight excluding hydrogens is 372 g/mol. The quantitative estimate of drug-likeness (QED) is 0.332. The summed E-state index contributed by atoms with van der Waals surface area (Å²) >= 11 is 0. The number of hydrazine groups is 1. The first-order chi connectivity index (χ1) is 12.6. The molecule has 0 saturated carbocycles. The predicted molar refractivity (Wildman–Crippen MR) is 101 cm³/mol. The molecule has 0 fully saturated rings. The number of aryl methyl sites for hydroxylation is 3. The van der Waals surface area contributed by atoms with E-state index in [0.717, 1.165) is 15.9 Å². The van der Waals surface area contributed by atoms with Crippen LogP contribution in [0.4, 0.5) is 11.4 Å². The molecule has 0 aromatic heterocycles. The molecule has 2 aromatic carbocycles. The van der Waals surface area contributed by atoms with Gasteiger partial charge in [0.2, 0.25) is 0 Å². The second kappa shape index (κ2) is 7.72. The molecule has 0 bridgehead atoms. The molecule has 0 aliphatic heterocycles. The number of non-ortho nitro benzene ring substituents is 1. The lowest BCUT2D eigenvalue weighted by molar-refractivity contribution is -0.385. The Balaban J connectivity index is 2.69. The van der Waals surface area contributed by atoms with Crippen LogP contribution in [-0.4, -0.2) is 25.8 Å². The first kappa shape index (κ1) is 20.3. The summed E-state index contributed by atoms with van der Waals surface area (Å²) in [6.07, 6.45) is 0. The largest absolute Gasteiger partial charge is 0.293 e. The lowest BCUT2D eigenvalue weighted by Crippen LogP contribution is -2.43. The Morgan fingerprint density at radius 3 is 2.30 bits per heavy atom. The van der Waals surface area contributed by atoms with Gasteiger partial charge >= 0.3 is 0 Å². The fourth-order valence-electron chi connectivity index (χ4n) is 2.91. The van der Waals surface area contributed by atoms with Gasteiger partial charge in [0.25, 0.3) is 21.6 Å². The van der Waals surface area contributed by atoms with E-state index < -0.39 is 27.4 Å². The van der Waals surface area contributed by atoms with E-state index in [1.807, 2.05) is 12.3 Å². The van der Waals surface area contributed by atoms with Gasteiger partial charge in [0.05, 0.1) is 15.5 Å². The molecule has 0 radical (unpaired) electrons. The third-order valence-electron chi connectivity index (χ3n) is 3.95. The van der Waals surface area contributed by atoms with Crippen molar-refractivity contribution in [2.75, 3.05) is 10.8 Å². The van der Waals surface area contributed by atoms with Crippen molar-refractivity contribution in [3.8, 4) is 0 Å². The molecule has 0 heterocycles. The summed E-state index contributed by atoms with van der Waals surface area (Å²) in [6, 6.07) is 8.26. The van der Waals surface area contributed by atoms with E-state index in [1.165, 1.54) is 18.2 Å². The van der Waals surface area contributed by atoms with Crippen molar-refractivity contribution in [1.82, 2.24) is 5.43 Å². The molecule has 2 aromatic rings. The highest BCUT2D eigenvalue weighted by molar-refractivity contribution is 7.92. The summed E-state index contributed by atoms with van der Waals surface area (Å²) in [6.45, 7) is 4.76.